The van der Waals surface area contributed by atoms with Gasteiger partial charge in [-0.05, 0) is 49.4 Å². The number of rotatable bonds is 1. The maximum atomic E-state index is 10.5. The van der Waals surface area contributed by atoms with Crippen molar-refractivity contribution in [2.75, 3.05) is 0 Å². The fourth-order valence-electron chi connectivity index (χ4n) is 5.20. The Morgan fingerprint density at radius 3 is 2.69 bits per heavy atom. The minimum Gasteiger partial charge on any atom is -0.393 e. The van der Waals surface area contributed by atoms with Gasteiger partial charge in [0.25, 0.3) is 0 Å². The summed E-state index contributed by atoms with van der Waals surface area (Å²) in [4.78, 5) is 0. The van der Waals surface area contributed by atoms with Gasteiger partial charge in [0.2, 0.25) is 0 Å². The molecule has 2 fully saturated rings. The number of hydrogen-bond acceptors (Lipinski definition) is 1. The molecule has 1 nitrogen and oxygen atoms in total. The Labute approximate surface area is 98.9 Å². The van der Waals surface area contributed by atoms with Gasteiger partial charge in [-0.3, -0.25) is 0 Å². The summed E-state index contributed by atoms with van der Waals surface area (Å²) < 4.78 is 0. The van der Waals surface area contributed by atoms with E-state index in [1.54, 1.807) is 5.57 Å². The third-order valence-electron chi connectivity index (χ3n) is 6.07. The molecule has 4 unspecified atom stereocenters. The van der Waals surface area contributed by atoms with Crippen LogP contribution in [0.1, 0.15) is 40.5 Å². The van der Waals surface area contributed by atoms with Crippen molar-refractivity contribution in [3.05, 3.63) is 11.6 Å². The van der Waals surface area contributed by atoms with E-state index in [9.17, 15) is 5.11 Å². The van der Waals surface area contributed by atoms with Crippen LogP contribution in [0.25, 0.3) is 0 Å². The van der Waals surface area contributed by atoms with Crippen molar-refractivity contribution in [1.29, 1.82) is 0 Å². The summed E-state index contributed by atoms with van der Waals surface area (Å²) in [5.41, 5.74) is 1.77. The molecular formula is C15H24O. The molecule has 4 aliphatic carbocycles. The van der Waals surface area contributed by atoms with E-state index in [0.717, 1.165) is 30.1 Å². The lowest BCUT2D eigenvalue weighted by Gasteiger charge is -2.71. The molecule has 0 saturated heterocycles. The van der Waals surface area contributed by atoms with Gasteiger partial charge in [0.05, 0.1) is 6.10 Å². The van der Waals surface area contributed by atoms with Crippen LogP contribution < -0.4 is 0 Å². The fraction of sp³-hybridized carbons (Fsp3) is 0.867. The molecule has 1 heteroatoms. The van der Waals surface area contributed by atoms with E-state index in [2.05, 4.69) is 33.8 Å². The normalized spacial score (nSPS) is 54.6. The maximum Gasteiger partial charge on any atom is 0.0605 e. The van der Waals surface area contributed by atoms with E-state index in [1.165, 1.54) is 6.42 Å². The highest BCUT2D eigenvalue weighted by atomic mass is 16.3. The molecule has 0 spiro atoms. The lowest BCUT2D eigenvalue weighted by molar-refractivity contribution is -0.241. The van der Waals surface area contributed by atoms with Crippen molar-refractivity contribution < 1.29 is 5.11 Å². The highest BCUT2D eigenvalue weighted by Gasteiger charge is 2.68. The van der Waals surface area contributed by atoms with Crippen LogP contribution in [0.3, 0.4) is 0 Å². The van der Waals surface area contributed by atoms with Crippen molar-refractivity contribution in [2.45, 2.75) is 46.6 Å². The summed E-state index contributed by atoms with van der Waals surface area (Å²) in [5, 5.41) is 10.5. The second-order valence-electron chi connectivity index (χ2n) is 6.87. The van der Waals surface area contributed by atoms with E-state index >= 15 is 0 Å². The molecule has 0 aromatic heterocycles. The largest absolute Gasteiger partial charge is 0.393 e. The third kappa shape index (κ3) is 1.01. The quantitative estimate of drug-likeness (QED) is 0.673. The summed E-state index contributed by atoms with van der Waals surface area (Å²) in [6.45, 7) is 9.26. The molecule has 0 aliphatic heterocycles. The molecule has 0 amide bonds. The number of fused-ring (bicyclic) bond motifs is 1. The SMILES string of the molecule is CC1=CCC2C3C(C(C)C)C[C@H](O)C2(C)[C@H]13. The Balaban J connectivity index is 2.00. The van der Waals surface area contributed by atoms with Gasteiger partial charge in [-0.1, -0.05) is 32.4 Å². The molecule has 16 heavy (non-hydrogen) atoms. The van der Waals surface area contributed by atoms with E-state index in [-0.39, 0.29) is 11.5 Å². The molecule has 4 rings (SSSR count). The number of hydrogen-bond donors (Lipinski definition) is 1. The summed E-state index contributed by atoms with van der Waals surface area (Å²) in [6, 6.07) is 0. The van der Waals surface area contributed by atoms with Gasteiger partial charge in [-0.25, -0.2) is 0 Å². The Kier molecular flexibility index (Phi) is 2.12. The lowest BCUT2D eigenvalue weighted by Crippen LogP contribution is -2.69. The van der Waals surface area contributed by atoms with Crippen molar-refractivity contribution in [3.63, 3.8) is 0 Å². The van der Waals surface area contributed by atoms with Crippen LogP contribution >= 0.6 is 0 Å². The second kappa shape index (κ2) is 3.13. The summed E-state index contributed by atoms with van der Waals surface area (Å²) in [7, 11) is 0. The van der Waals surface area contributed by atoms with Crippen molar-refractivity contribution in [2.24, 2.45) is 35.0 Å². The molecule has 0 aromatic carbocycles. The molecular weight excluding hydrogens is 196 g/mol. The van der Waals surface area contributed by atoms with Gasteiger partial charge in [0.15, 0.2) is 0 Å². The van der Waals surface area contributed by atoms with Crippen molar-refractivity contribution >= 4 is 0 Å². The number of aliphatic hydroxyl groups is 1. The van der Waals surface area contributed by atoms with E-state index in [0.29, 0.717) is 5.92 Å². The van der Waals surface area contributed by atoms with Gasteiger partial charge in [0.1, 0.15) is 0 Å². The zero-order valence-electron chi connectivity index (χ0n) is 10.9. The summed E-state index contributed by atoms with van der Waals surface area (Å²) >= 11 is 0. The first kappa shape index (κ1) is 10.8. The fourth-order valence-corrected chi connectivity index (χ4v) is 5.20. The Bertz CT molecular complexity index is 343. The van der Waals surface area contributed by atoms with Crippen LogP contribution in [-0.4, -0.2) is 11.2 Å². The average Bonchev–Trinajstić information content (AvgIpc) is 2.21. The molecule has 6 atom stereocenters. The highest BCUT2D eigenvalue weighted by Crippen LogP contribution is 2.71. The van der Waals surface area contributed by atoms with Crippen LogP contribution in [0.5, 0.6) is 0 Å². The van der Waals surface area contributed by atoms with Crippen molar-refractivity contribution in [1.82, 2.24) is 0 Å². The lowest BCUT2D eigenvalue weighted by atomic mass is 9.34. The topological polar surface area (TPSA) is 20.2 Å². The van der Waals surface area contributed by atoms with Gasteiger partial charge < -0.3 is 5.11 Å². The predicted molar refractivity (Wildman–Crippen MR) is 65.9 cm³/mol. The van der Waals surface area contributed by atoms with Crippen LogP contribution in [0.4, 0.5) is 0 Å². The minimum absolute atomic E-state index is 0.0662. The zero-order chi connectivity index (χ0) is 11.7. The van der Waals surface area contributed by atoms with E-state index < -0.39 is 0 Å². The van der Waals surface area contributed by atoms with E-state index in [4.69, 9.17) is 0 Å². The summed E-state index contributed by atoms with van der Waals surface area (Å²) in [6.07, 6.45) is 4.61. The van der Waals surface area contributed by atoms with Crippen LogP contribution in [0.2, 0.25) is 0 Å². The van der Waals surface area contributed by atoms with Crippen LogP contribution in [0, 0.1) is 35.0 Å². The molecule has 2 saturated carbocycles. The van der Waals surface area contributed by atoms with Gasteiger partial charge in [0, 0.05) is 5.41 Å². The molecule has 0 radical (unpaired) electrons. The van der Waals surface area contributed by atoms with Crippen molar-refractivity contribution in [3.8, 4) is 0 Å². The number of allylic oxidation sites excluding steroid dienone is 2. The second-order valence-corrected chi connectivity index (χ2v) is 6.87. The summed E-state index contributed by atoms with van der Waals surface area (Å²) in [5.74, 6) is 3.79. The highest BCUT2D eigenvalue weighted by molar-refractivity contribution is 5.30. The smallest absolute Gasteiger partial charge is 0.0605 e. The van der Waals surface area contributed by atoms with Gasteiger partial charge in [-0.15, -0.1) is 0 Å². The molecule has 4 bridgehead atoms. The monoisotopic (exact) mass is 220 g/mol. The maximum absolute atomic E-state index is 10.5. The predicted octanol–water partition coefficient (Wildman–Crippen LogP) is 3.24. The number of aliphatic hydroxyl groups excluding tert-OH is 1. The van der Waals surface area contributed by atoms with Gasteiger partial charge >= 0.3 is 0 Å². The molecule has 4 aliphatic rings. The first-order valence-electron chi connectivity index (χ1n) is 6.82. The Morgan fingerprint density at radius 1 is 1.44 bits per heavy atom. The van der Waals surface area contributed by atoms with Gasteiger partial charge in [-0.2, -0.15) is 0 Å². The average molecular weight is 220 g/mol. The molecule has 90 valence electrons. The first-order chi connectivity index (χ1) is 7.48. The van der Waals surface area contributed by atoms with Crippen LogP contribution in [-0.2, 0) is 0 Å². The molecule has 0 heterocycles. The first-order valence-corrected chi connectivity index (χ1v) is 6.82. The molecule has 0 aromatic rings. The third-order valence-corrected chi connectivity index (χ3v) is 6.07. The zero-order valence-corrected chi connectivity index (χ0v) is 10.9. The Morgan fingerprint density at radius 2 is 2.12 bits per heavy atom. The van der Waals surface area contributed by atoms with E-state index in [1.807, 2.05) is 0 Å². The standard InChI is InChI=1S/C15H24O/c1-8(2)10-7-12(16)15(4)11-6-5-9(3)14(15)13(10)11/h5,8,10-14,16H,6-7H2,1-4H3/t10?,11?,12-,13?,14+,15?/m0/s1. The minimum atomic E-state index is -0.0662. The molecule has 1 N–H and O–H groups in total. The Hall–Kier alpha value is -0.300. The van der Waals surface area contributed by atoms with Crippen LogP contribution in [0.15, 0.2) is 11.6 Å².